The fourth-order valence-corrected chi connectivity index (χ4v) is 3.23. The highest BCUT2D eigenvalue weighted by Gasteiger charge is 2.45. The third-order valence-electron chi connectivity index (χ3n) is 5.09. The van der Waals surface area contributed by atoms with Crippen molar-refractivity contribution in [2.45, 2.75) is 43.7 Å². The van der Waals surface area contributed by atoms with Crippen LogP contribution in [0, 0.1) is 17.5 Å². The van der Waals surface area contributed by atoms with Gasteiger partial charge in [-0.25, -0.2) is 8.78 Å². The zero-order chi connectivity index (χ0) is 23.6. The number of benzene rings is 2. The van der Waals surface area contributed by atoms with Gasteiger partial charge in [-0.3, -0.25) is 4.79 Å². The van der Waals surface area contributed by atoms with Crippen molar-refractivity contribution < 1.29 is 47.9 Å². The number of carbonyl (C=O) groups is 1. The van der Waals surface area contributed by atoms with Gasteiger partial charge in [0.2, 0.25) is 12.1 Å². The first-order chi connectivity index (χ1) is 15.1. The standard InChI is InChI=1S/C21H22F3NO7/c1-9(10-5-3-2-4-6-10)25-20(30)11-7-12(22)15(24)19(14(11)23)32-21-18(29)17(28)16(27)13(8-26)31-21/h2-7,9,13,16-18,21,26-29H,8H2,1H3,(H,25,30)/t9-,13?,16?,17?,18?,21?/m1/s1. The minimum absolute atomic E-state index is 0.359. The highest BCUT2D eigenvalue weighted by Crippen LogP contribution is 2.31. The third kappa shape index (κ3) is 4.71. The molecule has 0 aromatic heterocycles. The molecular formula is C21H22F3NO7. The molecule has 3 rings (SSSR count). The van der Waals surface area contributed by atoms with E-state index < -0.39 is 78.0 Å². The maximum atomic E-state index is 15.0. The van der Waals surface area contributed by atoms with Crippen molar-refractivity contribution in [3.05, 3.63) is 65.0 Å². The van der Waals surface area contributed by atoms with Gasteiger partial charge in [0.05, 0.1) is 18.2 Å². The molecule has 5 N–H and O–H groups in total. The molecule has 0 saturated carbocycles. The van der Waals surface area contributed by atoms with Gasteiger partial charge in [-0.1, -0.05) is 30.3 Å². The number of rotatable bonds is 6. The highest BCUT2D eigenvalue weighted by atomic mass is 19.2. The summed E-state index contributed by atoms with van der Waals surface area (Å²) >= 11 is 0. The monoisotopic (exact) mass is 457 g/mol. The third-order valence-corrected chi connectivity index (χ3v) is 5.09. The van der Waals surface area contributed by atoms with Crippen LogP contribution in [-0.4, -0.2) is 63.6 Å². The fourth-order valence-electron chi connectivity index (χ4n) is 3.23. The molecule has 1 aliphatic heterocycles. The van der Waals surface area contributed by atoms with Gasteiger partial charge in [-0.05, 0) is 18.6 Å². The predicted molar refractivity (Wildman–Crippen MR) is 103 cm³/mol. The lowest BCUT2D eigenvalue weighted by atomic mass is 9.99. The second-order valence-corrected chi connectivity index (χ2v) is 7.28. The van der Waals surface area contributed by atoms with E-state index >= 15 is 0 Å². The van der Waals surface area contributed by atoms with Crippen molar-refractivity contribution in [3.63, 3.8) is 0 Å². The molecule has 6 atom stereocenters. The van der Waals surface area contributed by atoms with Crippen molar-refractivity contribution in [3.8, 4) is 5.75 Å². The van der Waals surface area contributed by atoms with Crippen LogP contribution in [0.3, 0.4) is 0 Å². The van der Waals surface area contributed by atoms with E-state index in [-0.39, 0.29) is 0 Å². The largest absolute Gasteiger partial charge is 0.456 e. The summed E-state index contributed by atoms with van der Waals surface area (Å²) in [5.74, 6) is -7.41. The number of hydrogen-bond acceptors (Lipinski definition) is 7. The second-order valence-electron chi connectivity index (χ2n) is 7.28. The molecule has 8 nitrogen and oxygen atoms in total. The lowest BCUT2D eigenvalue weighted by Crippen LogP contribution is -2.60. The summed E-state index contributed by atoms with van der Waals surface area (Å²) in [4.78, 5) is 12.5. The van der Waals surface area contributed by atoms with E-state index in [1.807, 2.05) is 0 Å². The minimum Gasteiger partial charge on any atom is -0.456 e. The van der Waals surface area contributed by atoms with Gasteiger partial charge < -0.3 is 35.2 Å². The highest BCUT2D eigenvalue weighted by molar-refractivity contribution is 5.95. The normalized spacial score (nSPS) is 26.4. The summed E-state index contributed by atoms with van der Waals surface area (Å²) in [7, 11) is 0. The summed E-state index contributed by atoms with van der Waals surface area (Å²) in [5, 5.41) is 41.2. The van der Waals surface area contributed by atoms with Crippen LogP contribution in [0.4, 0.5) is 13.2 Å². The molecule has 1 aliphatic rings. The molecular weight excluding hydrogens is 435 g/mol. The molecule has 0 radical (unpaired) electrons. The van der Waals surface area contributed by atoms with Crippen molar-refractivity contribution >= 4 is 5.91 Å². The van der Waals surface area contributed by atoms with E-state index in [2.05, 4.69) is 5.32 Å². The Morgan fingerprint density at radius 3 is 2.38 bits per heavy atom. The Balaban J connectivity index is 1.87. The maximum absolute atomic E-state index is 15.0. The summed E-state index contributed by atoms with van der Waals surface area (Å²) in [6.45, 7) is 0.792. The molecule has 1 amide bonds. The SMILES string of the molecule is C[C@@H](NC(=O)c1cc(F)c(F)c(OC2OC(CO)C(O)C(O)C2O)c1F)c1ccccc1. The molecule has 0 aliphatic carbocycles. The van der Waals surface area contributed by atoms with Gasteiger partial charge in [0.15, 0.2) is 17.4 Å². The van der Waals surface area contributed by atoms with Crippen LogP contribution in [0.2, 0.25) is 0 Å². The van der Waals surface area contributed by atoms with Gasteiger partial charge in [0.1, 0.15) is 24.4 Å². The van der Waals surface area contributed by atoms with E-state index in [9.17, 15) is 38.4 Å². The number of ether oxygens (including phenoxy) is 2. The number of aliphatic hydroxyl groups excluding tert-OH is 4. The molecule has 2 aromatic carbocycles. The van der Waals surface area contributed by atoms with Crippen molar-refractivity contribution in [1.29, 1.82) is 0 Å². The van der Waals surface area contributed by atoms with E-state index in [0.717, 1.165) is 0 Å². The number of nitrogens with one attached hydrogen (secondary N) is 1. The van der Waals surface area contributed by atoms with Gasteiger partial charge >= 0.3 is 0 Å². The van der Waals surface area contributed by atoms with Crippen LogP contribution < -0.4 is 10.1 Å². The predicted octanol–water partition coefficient (Wildman–Crippen LogP) is 0.774. The number of amides is 1. The molecule has 32 heavy (non-hydrogen) atoms. The lowest BCUT2D eigenvalue weighted by molar-refractivity contribution is -0.278. The van der Waals surface area contributed by atoms with Gasteiger partial charge in [-0.15, -0.1) is 0 Å². The molecule has 174 valence electrons. The minimum atomic E-state index is -2.00. The molecule has 1 saturated heterocycles. The molecule has 2 aromatic rings. The lowest BCUT2D eigenvalue weighted by Gasteiger charge is -2.39. The van der Waals surface area contributed by atoms with Crippen molar-refractivity contribution in [2.24, 2.45) is 0 Å². The van der Waals surface area contributed by atoms with Crippen LogP contribution in [0.15, 0.2) is 36.4 Å². The first-order valence-electron chi connectivity index (χ1n) is 9.66. The topological polar surface area (TPSA) is 128 Å². The van der Waals surface area contributed by atoms with Crippen molar-refractivity contribution in [1.82, 2.24) is 5.32 Å². The van der Waals surface area contributed by atoms with E-state index in [1.54, 1.807) is 37.3 Å². The van der Waals surface area contributed by atoms with Crippen LogP contribution >= 0.6 is 0 Å². The van der Waals surface area contributed by atoms with E-state index in [1.165, 1.54) is 0 Å². The fraction of sp³-hybridized carbons (Fsp3) is 0.381. The molecule has 11 heteroatoms. The molecule has 1 fully saturated rings. The second kappa shape index (κ2) is 9.84. The Labute approximate surface area is 180 Å². The van der Waals surface area contributed by atoms with Gasteiger partial charge in [-0.2, -0.15) is 4.39 Å². The Hall–Kier alpha value is -2.70. The summed E-state index contributed by atoms with van der Waals surface area (Å²) < 4.78 is 53.3. The Bertz CT molecular complexity index is 960. The first-order valence-corrected chi connectivity index (χ1v) is 9.66. The Morgan fingerprint density at radius 2 is 1.75 bits per heavy atom. The Morgan fingerprint density at radius 1 is 1.09 bits per heavy atom. The number of halogens is 3. The number of hydrogen-bond donors (Lipinski definition) is 5. The van der Waals surface area contributed by atoms with Crippen LogP contribution in [0.1, 0.15) is 28.9 Å². The summed E-state index contributed by atoms with van der Waals surface area (Å²) in [6, 6.07) is 8.39. The molecule has 5 unspecified atom stereocenters. The van der Waals surface area contributed by atoms with Crippen LogP contribution in [0.5, 0.6) is 5.75 Å². The van der Waals surface area contributed by atoms with Gasteiger partial charge in [0, 0.05) is 0 Å². The van der Waals surface area contributed by atoms with Crippen LogP contribution in [-0.2, 0) is 4.74 Å². The average Bonchev–Trinajstić information content (AvgIpc) is 2.79. The van der Waals surface area contributed by atoms with Crippen LogP contribution in [0.25, 0.3) is 0 Å². The number of carbonyl (C=O) groups excluding carboxylic acids is 1. The average molecular weight is 457 g/mol. The van der Waals surface area contributed by atoms with E-state index in [4.69, 9.17) is 9.47 Å². The number of aliphatic hydroxyl groups is 4. The molecule has 0 bridgehead atoms. The van der Waals surface area contributed by atoms with E-state index in [0.29, 0.717) is 11.6 Å². The zero-order valence-electron chi connectivity index (χ0n) is 16.8. The zero-order valence-corrected chi connectivity index (χ0v) is 16.8. The summed E-state index contributed by atoms with van der Waals surface area (Å²) in [6.07, 6.45) is -9.02. The summed E-state index contributed by atoms with van der Waals surface area (Å²) in [5.41, 5.74) is -0.187. The smallest absolute Gasteiger partial charge is 0.254 e. The quantitative estimate of drug-likeness (QED) is 0.406. The maximum Gasteiger partial charge on any atom is 0.254 e. The van der Waals surface area contributed by atoms with Crippen molar-refractivity contribution in [2.75, 3.05) is 6.61 Å². The Kier molecular flexibility index (Phi) is 7.36. The first kappa shape index (κ1) is 24.0. The molecule has 1 heterocycles. The van der Waals surface area contributed by atoms with Gasteiger partial charge in [0.25, 0.3) is 5.91 Å². The molecule has 0 spiro atoms.